The van der Waals surface area contributed by atoms with Crippen LogP contribution in [0.25, 0.3) is 10.8 Å². The van der Waals surface area contributed by atoms with Crippen molar-refractivity contribution in [3.63, 3.8) is 0 Å². The van der Waals surface area contributed by atoms with Gasteiger partial charge in [-0.1, -0.05) is 24.3 Å². The van der Waals surface area contributed by atoms with E-state index in [1.807, 2.05) is 13.0 Å². The van der Waals surface area contributed by atoms with Crippen LogP contribution in [-0.4, -0.2) is 44.9 Å². The Labute approximate surface area is 314 Å². The smallest absolute Gasteiger partial charge is 0.295 e. The van der Waals surface area contributed by atoms with Gasteiger partial charge in [0, 0.05) is 34.0 Å². The first-order valence-corrected chi connectivity index (χ1v) is 19.0. The largest absolute Gasteiger partial charge is 0.494 e. The number of hydrogen-bond acceptors (Lipinski definition) is 11. The number of hydrogen-bond donors (Lipinski definition) is 4. The fourth-order valence-corrected chi connectivity index (χ4v) is 6.64. The average Bonchev–Trinajstić information content (AvgIpc) is 3.16. The van der Waals surface area contributed by atoms with E-state index in [0.29, 0.717) is 51.4 Å². The molecular weight excluding hydrogens is 749 g/mol. The molecule has 15 nitrogen and oxygen atoms in total. The molecule has 0 aliphatic rings. The van der Waals surface area contributed by atoms with Crippen LogP contribution in [0.1, 0.15) is 26.3 Å². The van der Waals surface area contributed by atoms with Crippen LogP contribution in [0.5, 0.6) is 5.75 Å². The molecule has 0 spiro atoms. The molecule has 0 atom stereocenters. The predicted octanol–water partition coefficient (Wildman–Crippen LogP) is 8.99. The summed E-state index contributed by atoms with van der Waals surface area (Å²) in [5, 5.41) is 22.7. The lowest BCUT2D eigenvalue weighted by Gasteiger charge is -2.09. The average molecular weight is 779 g/mol. The van der Waals surface area contributed by atoms with Gasteiger partial charge in [-0.05, 0) is 109 Å². The third kappa shape index (κ3) is 9.29. The van der Waals surface area contributed by atoms with Gasteiger partial charge in [-0.15, -0.1) is 5.11 Å². The highest BCUT2D eigenvalue weighted by Crippen LogP contribution is 2.35. The van der Waals surface area contributed by atoms with E-state index < -0.39 is 30.0 Å². The molecule has 0 bridgehead atoms. The van der Waals surface area contributed by atoms with E-state index in [-0.39, 0.29) is 28.3 Å². The molecule has 0 saturated heterocycles. The van der Waals surface area contributed by atoms with E-state index in [4.69, 9.17) is 4.74 Å². The molecule has 0 aliphatic heterocycles. The van der Waals surface area contributed by atoms with Crippen LogP contribution >= 0.6 is 0 Å². The minimum Gasteiger partial charge on any atom is -0.494 e. The lowest BCUT2D eigenvalue weighted by Crippen LogP contribution is -2.13. The highest BCUT2D eigenvalue weighted by atomic mass is 32.2. The van der Waals surface area contributed by atoms with Crippen molar-refractivity contribution >= 4 is 76.9 Å². The first-order valence-electron chi connectivity index (χ1n) is 16.1. The van der Waals surface area contributed by atoms with Crippen molar-refractivity contribution in [3.8, 4) is 5.75 Å². The van der Waals surface area contributed by atoms with E-state index in [2.05, 4.69) is 31.1 Å². The summed E-state index contributed by atoms with van der Waals surface area (Å²) in [6.07, 6.45) is 0. The molecule has 6 rings (SSSR count). The molecule has 17 heteroatoms. The topological polar surface area (TPSA) is 226 Å². The van der Waals surface area contributed by atoms with Gasteiger partial charge in [0.25, 0.3) is 32.1 Å². The Hall–Kier alpha value is -6.66. The Bertz CT molecular complexity index is 2740. The lowest BCUT2D eigenvalue weighted by atomic mass is 10.1. The fraction of sp³-hybridized carbons (Fsp3) is 0.0526. The van der Waals surface area contributed by atoms with Crippen LogP contribution < -0.4 is 15.4 Å². The standard InChI is InChI=1S/C38H30N6O9S2/c1-23-18-28(40-38(46)25-8-11-27(12-9-25)39-37(45)24-6-4-3-5-7-24)14-16-33(23)43-44-34-17-15-30(21-35(34)53-2)42-41-29-13-10-26-19-31(54(47,48)49)22-36(32(26)20-29)55(50,51)52/h3-22H,1-2H3,(H,39,45)(H,40,46)(H,47,48,49)(H,50,51,52). The number of ether oxygens (including phenoxy) is 1. The maximum absolute atomic E-state index is 12.9. The highest BCUT2D eigenvalue weighted by molar-refractivity contribution is 7.86. The number of aryl methyl sites for hydroxylation is 1. The van der Waals surface area contributed by atoms with Gasteiger partial charge in [-0.3, -0.25) is 18.7 Å². The number of benzene rings is 6. The Morgan fingerprint density at radius 3 is 1.82 bits per heavy atom. The SMILES string of the molecule is COc1cc(N=Nc2ccc3cc(S(=O)(=O)O)cc(S(=O)(=O)O)c3c2)ccc1N=Nc1ccc(NC(=O)c2ccc(NC(=O)c3ccccc3)cc2)cc1C. The number of anilines is 2. The Balaban J connectivity index is 1.12. The quantitative estimate of drug-likeness (QED) is 0.0726. The molecule has 0 unspecified atom stereocenters. The van der Waals surface area contributed by atoms with Crippen LogP contribution in [0.2, 0.25) is 0 Å². The zero-order valence-electron chi connectivity index (χ0n) is 28.9. The summed E-state index contributed by atoms with van der Waals surface area (Å²) in [5.74, 6) is -0.277. The predicted molar refractivity (Wildman–Crippen MR) is 205 cm³/mol. The molecule has 55 heavy (non-hydrogen) atoms. The second-order valence-corrected chi connectivity index (χ2v) is 14.7. The van der Waals surface area contributed by atoms with E-state index >= 15 is 0 Å². The number of methoxy groups -OCH3 is 1. The summed E-state index contributed by atoms with van der Waals surface area (Å²) >= 11 is 0. The maximum Gasteiger partial charge on any atom is 0.295 e. The van der Waals surface area contributed by atoms with Crippen molar-refractivity contribution in [2.75, 3.05) is 17.7 Å². The zero-order chi connectivity index (χ0) is 39.3. The van der Waals surface area contributed by atoms with Crippen molar-refractivity contribution in [2.45, 2.75) is 16.7 Å². The third-order valence-corrected chi connectivity index (χ3v) is 9.78. The monoisotopic (exact) mass is 778 g/mol. The Morgan fingerprint density at radius 1 is 0.600 bits per heavy atom. The van der Waals surface area contributed by atoms with Crippen molar-refractivity contribution in [1.82, 2.24) is 0 Å². The van der Waals surface area contributed by atoms with Crippen molar-refractivity contribution in [2.24, 2.45) is 20.5 Å². The summed E-state index contributed by atoms with van der Waals surface area (Å²) in [4.78, 5) is 23.9. The number of nitrogens with zero attached hydrogens (tertiary/aromatic N) is 4. The number of azo groups is 2. The van der Waals surface area contributed by atoms with E-state index in [1.54, 1.807) is 84.9 Å². The number of amides is 2. The van der Waals surface area contributed by atoms with Gasteiger partial charge in [0.2, 0.25) is 0 Å². The highest BCUT2D eigenvalue weighted by Gasteiger charge is 2.21. The second kappa shape index (κ2) is 15.7. The summed E-state index contributed by atoms with van der Waals surface area (Å²) in [6.45, 7) is 1.81. The summed E-state index contributed by atoms with van der Waals surface area (Å²) in [7, 11) is -8.19. The molecular formula is C38H30N6O9S2. The molecule has 6 aromatic carbocycles. The van der Waals surface area contributed by atoms with Crippen LogP contribution in [-0.2, 0) is 20.2 Å². The van der Waals surface area contributed by atoms with Crippen molar-refractivity contribution in [1.29, 1.82) is 0 Å². The first kappa shape index (κ1) is 38.1. The van der Waals surface area contributed by atoms with Gasteiger partial charge in [0.05, 0.1) is 29.1 Å². The fourth-order valence-electron chi connectivity index (χ4n) is 5.29. The second-order valence-electron chi connectivity index (χ2n) is 11.9. The van der Waals surface area contributed by atoms with Gasteiger partial charge in [-0.25, -0.2) is 0 Å². The molecule has 0 radical (unpaired) electrons. The van der Waals surface area contributed by atoms with E-state index in [9.17, 15) is 35.5 Å². The van der Waals surface area contributed by atoms with Gasteiger partial charge >= 0.3 is 0 Å². The molecule has 278 valence electrons. The van der Waals surface area contributed by atoms with Gasteiger partial charge in [0.1, 0.15) is 16.3 Å². The lowest BCUT2D eigenvalue weighted by molar-refractivity contribution is 0.102. The molecule has 4 N–H and O–H groups in total. The molecule has 0 aromatic heterocycles. The minimum absolute atomic E-state index is 0.0390. The number of carbonyl (C=O) groups is 2. The van der Waals surface area contributed by atoms with Crippen molar-refractivity contribution < 1.29 is 40.3 Å². The Kier molecular flexibility index (Phi) is 10.9. The van der Waals surface area contributed by atoms with Gasteiger partial charge in [-0.2, -0.15) is 32.2 Å². The van der Waals surface area contributed by atoms with E-state index in [1.165, 1.54) is 25.3 Å². The van der Waals surface area contributed by atoms with Crippen LogP contribution in [0, 0.1) is 6.92 Å². The number of fused-ring (bicyclic) bond motifs is 1. The summed E-state index contributed by atoms with van der Waals surface area (Å²) < 4.78 is 71.9. The van der Waals surface area contributed by atoms with Crippen LogP contribution in [0.4, 0.5) is 34.1 Å². The summed E-state index contributed by atoms with van der Waals surface area (Å²) in [6, 6.07) is 31.0. The summed E-state index contributed by atoms with van der Waals surface area (Å²) in [5.41, 5.74) is 4.17. The third-order valence-electron chi connectivity index (χ3n) is 8.05. The van der Waals surface area contributed by atoms with Gasteiger partial charge in [0.15, 0.2) is 0 Å². The van der Waals surface area contributed by atoms with E-state index in [0.717, 1.165) is 11.6 Å². The normalized spacial score (nSPS) is 11.9. The number of rotatable bonds is 11. The maximum atomic E-state index is 12.9. The number of carbonyl (C=O) groups excluding carboxylic acids is 2. The molecule has 0 aliphatic carbocycles. The Morgan fingerprint density at radius 2 is 1.18 bits per heavy atom. The van der Waals surface area contributed by atoms with Crippen molar-refractivity contribution in [3.05, 3.63) is 138 Å². The minimum atomic E-state index is -4.88. The van der Waals surface area contributed by atoms with Crippen LogP contribution in [0.3, 0.4) is 0 Å². The molecule has 0 fully saturated rings. The van der Waals surface area contributed by atoms with Gasteiger partial charge < -0.3 is 15.4 Å². The zero-order valence-corrected chi connectivity index (χ0v) is 30.5. The molecule has 2 amide bonds. The first-order chi connectivity index (χ1) is 26.2. The number of nitrogens with one attached hydrogen (secondary N) is 2. The molecule has 0 heterocycles. The van der Waals surface area contributed by atoms with Crippen LogP contribution in [0.15, 0.2) is 152 Å². The molecule has 6 aromatic rings. The molecule has 0 saturated carbocycles.